The molecule has 0 aliphatic rings. The van der Waals surface area contributed by atoms with E-state index in [0.29, 0.717) is 0 Å². The first-order chi connectivity index (χ1) is 14.4. The van der Waals surface area contributed by atoms with E-state index in [0.717, 1.165) is 16.5 Å². The molecule has 0 bridgehead atoms. The Labute approximate surface area is 170 Å². The van der Waals surface area contributed by atoms with Gasteiger partial charge in [0.05, 0.1) is 17.7 Å². The highest BCUT2D eigenvalue weighted by Crippen LogP contribution is 2.19. The van der Waals surface area contributed by atoms with Crippen LogP contribution >= 0.6 is 0 Å². The van der Waals surface area contributed by atoms with Crippen LogP contribution in [0.25, 0.3) is 10.9 Å². The van der Waals surface area contributed by atoms with E-state index in [-0.39, 0.29) is 17.5 Å². The fraction of sp³-hybridized carbons (Fsp3) is 0.143. The molecule has 0 aliphatic carbocycles. The molecule has 3 aromatic rings. The highest BCUT2D eigenvalue weighted by Gasteiger charge is 2.23. The molecular formula is C21H19N3O6. The van der Waals surface area contributed by atoms with Crippen LogP contribution in [0.5, 0.6) is 0 Å². The molecule has 3 rings (SSSR count). The number of aliphatic carboxylic acids is 1. The molecule has 154 valence electrons. The van der Waals surface area contributed by atoms with E-state index in [1.54, 1.807) is 6.20 Å². The summed E-state index contributed by atoms with van der Waals surface area (Å²) in [5.74, 6) is -3.93. The van der Waals surface area contributed by atoms with Crippen LogP contribution in [0.4, 0.5) is 0 Å². The van der Waals surface area contributed by atoms with E-state index >= 15 is 0 Å². The molecule has 5 N–H and O–H groups in total. The number of aromatic nitrogens is 1. The van der Waals surface area contributed by atoms with E-state index in [4.69, 9.17) is 5.11 Å². The molecular weight excluding hydrogens is 390 g/mol. The second-order valence-corrected chi connectivity index (χ2v) is 6.56. The zero-order chi connectivity index (χ0) is 21.7. The summed E-state index contributed by atoms with van der Waals surface area (Å²) in [6, 6.07) is 11.8. The van der Waals surface area contributed by atoms with E-state index in [9.17, 15) is 24.3 Å². The Bertz CT molecular complexity index is 1120. The van der Waals surface area contributed by atoms with Crippen LogP contribution in [-0.2, 0) is 16.0 Å². The average molecular weight is 409 g/mol. The van der Waals surface area contributed by atoms with Gasteiger partial charge in [0.15, 0.2) is 0 Å². The van der Waals surface area contributed by atoms with Crippen LogP contribution in [-0.4, -0.2) is 51.5 Å². The van der Waals surface area contributed by atoms with Crippen molar-refractivity contribution in [2.45, 2.75) is 12.5 Å². The van der Waals surface area contributed by atoms with Crippen molar-refractivity contribution >= 4 is 34.7 Å². The maximum atomic E-state index is 12.2. The number of hydrogen-bond acceptors (Lipinski definition) is 4. The lowest BCUT2D eigenvalue weighted by atomic mass is 10.0. The number of nitrogens with one attached hydrogen (secondary N) is 3. The number of H-pyrrole nitrogens is 1. The molecule has 0 fully saturated rings. The van der Waals surface area contributed by atoms with Crippen LogP contribution in [0, 0.1) is 0 Å². The molecule has 0 unspecified atom stereocenters. The van der Waals surface area contributed by atoms with Gasteiger partial charge in [-0.3, -0.25) is 9.59 Å². The maximum absolute atomic E-state index is 12.2. The van der Waals surface area contributed by atoms with Crippen molar-refractivity contribution in [1.29, 1.82) is 0 Å². The number of carboxylic acids is 2. The lowest BCUT2D eigenvalue weighted by Gasteiger charge is -2.15. The number of para-hydroxylation sites is 1. The topological polar surface area (TPSA) is 149 Å². The predicted octanol–water partition coefficient (Wildman–Crippen LogP) is 1.41. The molecule has 1 heterocycles. The van der Waals surface area contributed by atoms with Gasteiger partial charge in [0.25, 0.3) is 5.91 Å². The van der Waals surface area contributed by atoms with Gasteiger partial charge in [-0.1, -0.05) is 30.3 Å². The van der Waals surface area contributed by atoms with Crippen LogP contribution in [0.15, 0.2) is 54.7 Å². The number of carboxylic acid groups (broad SMARTS) is 2. The molecule has 9 heteroatoms. The van der Waals surface area contributed by atoms with Crippen LogP contribution < -0.4 is 10.6 Å². The van der Waals surface area contributed by atoms with Gasteiger partial charge in [-0.25, -0.2) is 9.59 Å². The first kappa shape index (κ1) is 20.6. The predicted molar refractivity (Wildman–Crippen MR) is 107 cm³/mol. The van der Waals surface area contributed by atoms with Crippen molar-refractivity contribution in [3.63, 3.8) is 0 Å². The molecule has 30 heavy (non-hydrogen) atoms. The number of rotatable bonds is 8. The third-order valence-corrected chi connectivity index (χ3v) is 4.54. The Morgan fingerprint density at radius 1 is 0.933 bits per heavy atom. The Morgan fingerprint density at radius 2 is 1.60 bits per heavy atom. The molecule has 0 aliphatic heterocycles. The van der Waals surface area contributed by atoms with Crippen LogP contribution in [0.3, 0.4) is 0 Å². The normalized spacial score (nSPS) is 11.6. The molecule has 1 aromatic heterocycles. The molecule has 9 nitrogen and oxygen atoms in total. The minimum absolute atomic E-state index is 0.0564. The molecule has 1 atom stereocenters. The summed E-state index contributed by atoms with van der Waals surface area (Å²) in [4.78, 5) is 50.3. The quantitative estimate of drug-likeness (QED) is 0.380. The number of hydrogen-bond donors (Lipinski definition) is 5. The SMILES string of the molecule is O=C(CNC(=O)c1ccccc1C(=O)O)N[C@H](Cc1c[nH]c2ccccc12)C(=O)O. The Balaban J connectivity index is 1.63. The van der Waals surface area contributed by atoms with Gasteiger partial charge in [-0.15, -0.1) is 0 Å². The van der Waals surface area contributed by atoms with Gasteiger partial charge in [0.2, 0.25) is 5.91 Å². The van der Waals surface area contributed by atoms with E-state index in [1.165, 1.54) is 24.3 Å². The standard InChI is InChI=1S/C21H19N3O6/c25-18(11-23-19(26)14-6-1-2-7-15(14)20(27)28)24-17(21(29)30)9-12-10-22-16-8-4-3-5-13(12)16/h1-8,10,17,22H,9,11H2,(H,23,26)(H,24,25)(H,27,28)(H,29,30)/t17-/m1/s1. The van der Waals surface area contributed by atoms with Crippen molar-refractivity contribution in [2.24, 2.45) is 0 Å². The summed E-state index contributed by atoms with van der Waals surface area (Å²) >= 11 is 0. The maximum Gasteiger partial charge on any atom is 0.336 e. The molecule has 2 amide bonds. The number of fused-ring (bicyclic) bond motifs is 1. The second-order valence-electron chi connectivity index (χ2n) is 6.56. The summed E-state index contributed by atoms with van der Waals surface area (Å²) in [5.41, 5.74) is 1.30. The number of aromatic carboxylic acids is 1. The lowest BCUT2D eigenvalue weighted by Crippen LogP contribution is -2.46. The van der Waals surface area contributed by atoms with Gasteiger partial charge in [0.1, 0.15) is 6.04 Å². The number of carbonyl (C=O) groups excluding carboxylic acids is 2. The first-order valence-corrected chi connectivity index (χ1v) is 9.04. The zero-order valence-corrected chi connectivity index (χ0v) is 15.7. The monoisotopic (exact) mass is 409 g/mol. The highest BCUT2D eigenvalue weighted by molar-refractivity contribution is 6.05. The average Bonchev–Trinajstić information content (AvgIpc) is 3.14. The van der Waals surface area contributed by atoms with Gasteiger partial charge < -0.3 is 25.8 Å². The lowest BCUT2D eigenvalue weighted by molar-refractivity contribution is -0.141. The van der Waals surface area contributed by atoms with Crippen molar-refractivity contribution in [3.8, 4) is 0 Å². The van der Waals surface area contributed by atoms with Gasteiger partial charge >= 0.3 is 11.9 Å². The summed E-state index contributed by atoms with van der Waals surface area (Å²) in [5, 5.41) is 24.2. The van der Waals surface area contributed by atoms with Crippen molar-refractivity contribution in [1.82, 2.24) is 15.6 Å². The van der Waals surface area contributed by atoms with Crippen molar-refractivity contribution < 1.29 is 29.4 Å². The van der Waals surface area contributed by atoms with Gasteiger partial charge in [-0.2, -0.15) is 0 Å². The highest BCUT2D eigenvalue weighted by atomic mass is 16.4. The number of aromatic amines is 1. The van der Waals surface area contributed by atoms with Crippen LogP contribution in [0.1, 0.15) is 26.3 Å². The summed E-state index contributed by atoms with van der Waals surface area (Å²) in [7, 11) is 0. The minimum atomic E-state index is -1.27. The summed E-state index contributed by atoms with van der Waals surface area (Å²) in [6.45, 7) is -0.496. The van der Waals surface area contributed by atoms with E-state index in [1.807, 2.05) is 24.3 Å². The fourth-order valence-corrected chi connectivity index (χ4v) is 3.09. The van der Waals surface area contributed by atoms with Crippen LogP contribution in [0.2, 0.25) is 0 Å². The van der Waals surface area contributed by atoms with Crippen molar-refractivity contribution in [3.05, 3.63) is 71.4 Å². The fourth-order valence-electron chi connectivity index (χ4n) is 3.09. The Kier molecular flexibility index (Phi) is 6.11. The molecule has 0 saturated heterocycles. The number of carbonyl (C=O) groups is 4. The van der Waals surface area contributed by atoms with E-state index < -0.39 is 36.3 Å². The number of amides is 2. The molecule has 0 radical (unpaired) electrons. The molecule has 2 aromatic carbocycles. The zero-order valence-electron chi connectivity index (χ0n) is 15.7. The van der Waals surface area contributed by atoms with Gasteiger partial charge in [-0.05, 0) is 23.8 Å². The van der Waals surface area contributed by atoms with E-state index in [2.05, 4.69) is 15.6 Å². The third kappa shape index (κ3) is 4.64. The second kappa shape index (κ2) is 8.91. The number of benzene rings is 2. The Hall–Kier alpha value is -4.14. The largest absolute Gasteiger partial charge is 0.480 e. The molecule has 0 saturated carbocycles. The smallest absolute Gasteiger partial charge is 0.336 e. The minimum Gasteiger partial charge on any atom is -0.480 e. The summed E-state index contributed by atoms with van der Waals surface area (Å²) < 4.78 is 0. The first-order valence-electron chi connectivity index (χ1n) is 9.04. The Morgan fingerprint density at radius 3 is 2.30 bits per heavy atom. The molecule has 0 spiro atoms. The van der Waals surface area contributed by atoms with Gasteiger partial charge in [0, 0.05) is 23.5 Å². The summed E-state index contributed by atoms with van der Waals surface area (Å²) in [6.07, 6.45) is 1.75. The third-order valence-electron chi connectivity index (χ3n) is 4.54. The van der Waals surface area contributed by atoms with Crippen molar-refractivity contribution in [2.75, 3.05) is 6.54 Å².